The quantitative estimate of drug-likeness (QED) is 0.658. The van der Waals surface area contributed by atoms with E-state index in [0.29, 0.717) is 18.8 Å². The third kappa shape index (κ3) is 4.41. The lowest BCUT2D eigenvalue weighted by atomic mass is 10.1. The van der Waals surface area contributed by atoms with Crippen molar-refractivity contribution in [2.24, 2.45) is 5.92 Å². The SMILES string of the molecule is Cc1nn(CC(C)C)c(C)c1CCC(=O)N[C@@H](C)c1cc2ccccc2o1. The van der Waals surface area contributed by atoms with E-state index < -0.39 is 0 Å². The zero-order chi connectivity index (χ0) is 19.6. The number of benzene rings is 1. The maximum atomic E-state index is 12.4. The molecule has 1 atom stereocenters. The van der Waals surface area contributed by atoms with E-state index in [0.717, 1.165) is 29.0 Å². The maximum Gasteiger partial charge on any atom is 0.220 e. The van der Waals surface area contributed by atoms with Crippen molar-refractivity contribution in [3.8, 4) is 0 Å². The fraction of sp³-hybridized carbons (Fsp3) is 0.455. The molecule has 0 aliphatic rings. The van der Waals surface area contributed by atoms with E-state index in [4.69, 9.17) is 4.42 Å². The Bertz CT molecular complexity index is 903. The smallest absolute Gasteiger partial charge is 0.220 e. The molecule has 2 heterocycles. The van der Waals surface area contributed by atoms with E-state index in [1.807, 2.05) is 44.2 Å². The van der Waals surface area contributed by atoms with Crippen LogP contribution in [0.2, 0.25) is 0 Å². The van der Waals surface area contributed by atoms with Crippen molar-refractivity contribution in [3.05, 3.63) is 53.0 Å². The summed E-state index contributed by atoms with van der Waals surface area (Å²) in [6.45, 7) is 11.3. The molecular weight excluding hydrogens is 338 g/mol. The monoisotopic (exact) mass is 367 g/mol. The molecule has 2 aromatic heterocycles. The second kappa shape index (κ2) is 7.99. The van der Waals surface area contributed by atoms with E-state index >= 15 is 0 Å². The Morgan fingerprint density at radius 2 is 1.96 bits per heavy atom. The van der Waals surface area contributed by atoms with Gasteiger partial charge in [0.25, 0.3) is 0 Å². The van der Waals surface area contributed by atoms with E-state index in [-0.39, 0.29) is 11.9 Å². The summed E-state index contributed by atoms with van der Waals surface area (Å²) in [5.74, 6) is 1.35. The maximum absolute atomic E-state index is 12.4. The number of amides is 1. The first-order chi connectivity index (χ1) is 12.8. The number of carbonyl (C=O) groups excluding carboxylic acids is 1. The van der Waals surface area contributed by atoms with Crippen molar-refractivity contribution in [3.63, 3.8) is 0 Å². The van der Waals surface area contributed by atoms with Gasteiger partial charge in [-0.1, -0.05) is 32.0 Å². The molecule has 5 heteroatoms. The Kier molecular flexibility index (Phi) is 5.68. The predicted octanol–water partition coefficient (Wildman–Crippen LogP) is 4.71. The molecule has 0 saturated heterocycles. The molecule has 144 valence electrons. The summed E-state index contributed by atoms with van der Waals surface area (Å²) in [4.78, 5) is 12.4. The molecule has 0 aliphatic carbocycles. The predicted molar refractivity (Wildman–Crippen MR) is 108 cm³/mol. The second-order valence-electron chi connectivity index (χ2n) is 7.70. The van der Waals surface area contributed by atoms with Crippen LogP contribution < -0.4 is 5.32 Å². The highest BCUT2D eigenvalue weighted by Crippen LogP contribution is 2.24. The molecule has 0 bridgehead atoms. The minimum absolute atomic E-state index is 0.0263. The van der Waals surface area contributed by atoms with Crippen molar-refractivity contribution in [1.82, 2.24) is 15.1 Å². The van der Waals surface area contributed by atoms with Crippen LogP contribution in [0.15, 0.2) is 34.7 Å². The van der Waals surface area contributed by atoms with E-state index in [1.54, 1.807) is 0 Å². The van der Waals surface area contributed by atoms with Crippen LogP contribution in [0.5, 0.6) is 0 Å². The zero-order valence-corrected chi connectivity index (χ0v) is 16.9. The number of para-hydroxylation sites is 1. The third-order valence-electron chi connectivity index (χ3n) is 4.92. The summed E-state index contributed by atoms with van der Waals surface area (Å²) in [5.41, 5.74) is 4.21. The van der Waals surface area contributed by atoms with Crippen molar-refractivity contribution >= 4 is 16.9 Å². The fourth-order valence-electron chi connectivity index (χ4n) is 3.46. The lowest BCUT2D eigenvalue weighted by Gasteiger charge is -2.11. The first-order valence-corrected chi connectivity index (χ1v) is 9.66. The van der Waals surface area contributed by atoms with Gasteiger partial charge in [0.1, 0.15) is 11.3 Å². The minimum atomic E-state index is -0.157. The standard InChI is InChI=1S/C22H29N3O2/c1-14(2)13-25-17(5)19(15(3)24-25)10-11-22(26)23-16(4)21-12-18-8-6-7-9-20(18)27-21/h6-9,12,14,16H,10-11,13H2,1-5H3,(H,23,26)/t16-/m0/s1. The fourth-order valence-corrected chi connectivity index (χ4v) is 3.46. The van der Waals surface area contributed by atoms with E-state index in [2.05, 4.69) is 35.9 Å². The number of rotatable bonds is 7. The van der Waals surface area contributed by atoms with E-state index in [1.165, 1.54) is 11.3 Å². The summed E-state index contributed by atoms with van der Waals surface area (Å²) in [7, 11) is 0. The Labute approximate surface area is 160 Å². The van der Waals surface area contributed by atoms with Crippen molar-refractivity contribution in [2.45, 2.75) is 60.0 Å². The normalized spacial score (nSPS) is 12.7. The topological polar surface area (TPSA) is 60.1 Å². The molecule has 1 amide bonds. The first-order valence-electron chi connectivity index (χ1n) is 9.66. The lowest BCUT2D eigenvalue weighted by Crippen LogP contribution is -2.26. The molecule has 3 rings (SSSR count). The zero-order valence-electron chi connectivity index (χ0n) is 16.9. The molecule has 0 fully saturated rings. The molecule has 0 saturated carbocycles. The summed E-state index contributed by atoms with van der Waals surface area (Å²) in [6, 6.07) is 9.71. The van der Waals surface area contributed by atoms with Crippen LogP contribution in [0, 0.1) is 19.8 Å². The van der Waals surface area contributed by atoms with E-state index in [9.17, 15) is 4.79 Å². The second-order valence-corrected chi connectivity index (χ2v) is 7.70. The van der Waals surface area contributed by atoms with Gasteiger partial charge in [-0.3, -0.25) is 9.48 Å². The van der Waals surface area contributed by atoms with Gasteiger partial charge in [0.2, 0.25) is 5.91 Å². The number of hydrogen-bond acceptors (Lipinski definition) is 3. The van der Waals surface area contributed by atoms with Crippen LogP contribution in [-0.2, 0) is 17.8 Å². The number of aromatic nitrogens is 2. The molecule has 0 unspecified atom stereocenters. The summed E-state index contributed by atoms with van der Waals surface area (Å²) < 4.78 is 7.90. The molecule has 5 nitrogen and oxygen atoms in total. The van der Waals surface area contributed by atoms with Crippen molar-refractivity contribution in [1.29, 1.82) is 0 Å². The van der Waals surface area contributed by atoms with Crippen LogP contribution >= 0.6 is 0 Å². The summed E-state index contributed by atoms with van der Waals surface area (Å²) >= 11 is 0. The first kappa shape index (κ1) is 19.2. The van der Waals surface area contributed by atoms with Gasteiger partial charge in [0, 0.05) is 24.0 Å². The van der Waals surface area contributed by atoms with Gasteiger partial charge in [-0.25, -0.2) is 0 Å². The molecular formula is C22H29N3O2. The number of fused-ring (bicyclic) bond motifs is 1. The molecule has 0 aliphatic heterocycles. The molecule has 3 aromatic rings. The highest BCUT2D eigenvalue weighted by atomic mass is 16.3. The largest absolute Gasteiger partial charge is 0.459 e. The van der Waals surface area contributed by atoms with Crippen LogP contribution in [0.1, 0.15) is 55.9 Å². The Morgan fingerprint density at radius 1 is 1.22 bits per heavy atom. The number of nitrogens with one attached hydrogen (secondary N) is 1. The number of hydrogen-bond donors (Lipinski definition) is 1. The van der Waals surface area contributed by atoms with Crippen LogP contribution in [0.4, 0.5) is 0 Å². The van der Waals surface area contributed by atoms with Gasteiger partial charge in [0.15, 0.2) is 0 Å². The van der Waals surface area contributed by atoms with Crippen LogP contribution in [-0.4, -0.2) is 15.7 Å². The highest BCUT2D eigenvalue weighted by molar-refractivity contribution is 5.79. The number of nitrogens with zero attached hydrogens (tertiary/aromatic N) is 2. The van der Waals surface area contributed by atoms with Gasteiger partial charge in [-0.2, -0.15) is 5.10 Å². The molecule has 0 radical (unpaired) electrons. The average molecular weight is 367 g/mol. The highest BCUT2D eigenvalue weighted by Gasteiger charge is 2.17. The van der Waals surface area contributed by atoms with Gasteiger partial charge in [-0.05, 0) is 50.8 Å². The Balaban J connectivity index is 1.60. The summed E-state index contributed by atoms with van der Waals surface area (Å²) in [5, 5.41) is 8.73. The number of carbonyl (C=O) groups is 1. The molecule has 1 N–H and O–H groups in total. The average Bonchev–Trinajstić information content (AvgIpc) is 3.15. The third-order valence-corrected chi connectivity index (χ3v) is 4.92. The van der Waals surface area contributed by atoms with Crippen LogP contribution in [0.25, 0.3) is 11.0 Å². The van der Waals surface area contributed by atoms with Gasteiger partial charge < -0.3 is 9.73 Å². The minimum Gasteiger partial charge on any atom is -0.459 e. The van der Waals surface area contributed by atoms with Gasteiger partial charge in [0.05, 0.1) is 11.7 Å². The number of aryl methyl sites for hydroxylation is 1. The Hall–Kier alpha value is -2.56. The van der Waals surface area contributed by atoms with Gasteiger partial charge >= 0.3 is 0 Å². The Morgan fingerprint density at radius 3 is 2.67 bits per heavy atom. The van der Waals surface area contributed by atoms with Crippen molar-refractivity contribution < 1.29 is 9.21 Å². The van der Waals surface area contributed by atoms with Crippen molar-refractivity contribution in [2.75, 3.05) is 0 Å². The number of furan rings is 1. The molecule has 1 aromatic carbocycles. The molecule has 27 heavy (non-hydrogen) atoms. The van der Waals surface area contributed by atoms with Gasteiger partial charge in [-0.15, -0.1) is 0 Å². The van der Waals surface area contributed by atoms with Crippen LogP contribution in [0.3, 0.4) is 0 Å². The summed E-state index contributed by atoms with van der Waals surface area (Å²) in [6.07, 6.45) is 1.15. The lowest BCUT2D eigenvalue weighted by molar-refractivity contribution is -0.121. The molecule has 0 spiro atoms.